The summed E-state index contributed by atoms with van der Waals surface area (Å²) in [7, 11) is 0. The fourth-order valence-corrected chi connectivity index (χ4v) is 1.80. The van der Waals surface area contributed by atoms with Gasteiger partial charge < -0.3 is 10.4 Å². The van der Waals surface area contributed by atoms with Crippen LogP contribution in [0, 0.1) is 13.8 Å². The molecule has 2 aromatic rings. The van der Waals surface area contributed by atoms with Crippen LogP contribution in [0.4, 0.5) is 5.69 Å². The molecule has 2 rings (SSSR count). The lowest BCUT2D eigenvalue weighted by molar-refractivity contribution is -0.116. The second-order valence-corrected chi connectivity index (χ2v) is 4.37. The van der Waals surface area contributed by atoms with E-state index in [9.17, 15) is 9.59 Å². The summed E-state index contributed by atoms with van der Waals surface area (Å²) in [5.74, 6) is -1.42. The number of nitrogens with zero attached hydrogens (tertiary/aromatic N) is 3. The molecule has 0 aliphatic carbocycles. The number of hydrogen-bond acceptors (Lipinski definition) is 4. The molecule has 0 aliphatic rings. The van der Waals surface area contributed by atoms with E-state index >= 15 is 0 Å². The third-order valence-electron chi connectivity index (χ3n) is 2.66. The van der Waals surface area contributed by atoms with Crippen molar-refractivity contribution in [2.24, 2.45) is 0 Å². The lowest BCUT2D eigenvalue weighted by Crippen LogP contribution is -2.20. The Bertz CT molecular complexity index is 663. The third-order valence-corrected chi connectivity index (χ3v) is 2.66. The molecule has 0 fully saturated rings. The van der Waals surface area contributed by atoms with E-state index in [2.05, 4.69) is 15.4 Å². The zero-order valence-corrected chi connectivity index (χ0v) is 11.1. The number of pyridine rings is 1. The van der Waals surface area contributed by atoms with Crippen molar-refractivity contribution in [3.63, 3.8) is 0 Å². The average molecular weight is 274 g/mol. The van der Waals surface area contributed by atoms with Gasteiger partial charge in [0.05, 0.1) is 5.69 Å². The molecule has 104 valence electrons. The van der Waals surface area contributed by atoms with Crippen molar-refractivity contribution in [1.29, 1.82) is 0 Å². The summed E-state index contributed by atoms with van der Waals surface area (Å²) < 4.78 is 1.59. The highest BCUT2D eigenvalue weighted by atomic mass is 16.4. The summed E-state index contributed by atoms with van der Waals surface area (Å²) >= 11 is 0. The molecule has 2 N–H and O–H groups in total. The quantitative estimate of drug-likeness (QED) is 0.874. The first-order chi connectivity index (χ1) is 9.45. The van der Waals surface area contributed by atoms with Crippen LogP contribution in [0.15, 0.2) is 24.4 Å². The van der Waals surface area contributed by atoms with Crippen molar-refractivity contribution in [2.75, 3.05) is 5.32 Å². The highest BCUT2D eigenvalue weighted by Gasteiger charge is 2.09. The van der Waals surface area contributed by atoms with E-state index in [1.165, 1.54) is 18.3 Å². The van der Waals surface area contributed by atoms with E-state index in [-0.39, 0.29) is 18.1 Å². The number of carboxylic acid groups (broad SMARTS) is 1. The molecule has 2 heterocycles. The van der Waals surface area contributed by atoms with Crippen LogP contribution in [0.25, 0.3) is 0 Å². The normalized spacial score (nSPS) is 10.3. The number of aromatic nitrogens is 3. The van der Waals surface area contributed by atoms with Gasteiger partial charge in [-0.05, 0) is 32.0 Å². The molecule has 0 saturated carbocycles. The van der Waals surface area contributed by atoms with Gasteiger partial charge in [0.2, 0.25) is 5.91 Å². The lowest BCUT2D eigenvalue weighted by atomic mass is 10.3. The molecule has 0 spiro atoms. The fraction of sp³-hybridized carbons (Fsp3) is 0.231. The lowest BCUT2D eigenvalue weighted by Gasteiger charge is -2.07. The molecule has 7 nitrogen and oxygen atoms in total. The standard InChI is InChI=1S/C13H14N4O3/c1-8-5-9(2)17(16-8)7-12(18)15-10-3-4-14-11(6-10)13(19)20/h3-6H,7H2,1-2H3,(H,19,20)(H,14,15,18). The molecule has 1 amide bonds. The van der Waals surface area contributed by atoms with Gasteiger partial charge in [-0.3, -0.25) is 9.48 Å². The summed E-state index contributed by atoms with van der Waals surface area (Å²) in [6.45, 7) is 3.79. The molecule has 0 aliphatic heterocycles. The third kappa shape index (κ3) is 3.19. The maximum atomic E-state index is 11.9. The molecule has 0 bridgehead atoms. The molecule has 0 saturated heterocycles. The maximum absolute atomic E-state index is 11.9. The molecule has 0 aromatic carbocycles. The van der Waals surface area contributed by atoms with E-state index in [4.69, 9.17) is 5.11 Å². The second-order valence-electron chi connectivity index (χ2n) is 4.37. The van der Waals surface area contributed by atoms with E-state index in [1.807, 2.05) is 19.9 Å². The van der Waals surface area contributed by atoms with Gasteiger partial charge in [0.25, 0.3) is 0 Å². The number of carbonyl (C=O) groups excluding carboxylic acids is 1. The van der Waals surface area contributed by atoms with Gasteiger partial charge in [-0.15, -0.1) is 0 Å². The van der Waals surface area contributed by atoms with E-state index in [1.54, 1.807) is 4.68 Å². The SMILES string of the molecule is Cc1cc(C)n(CC(=O)Nc2ccnc(C(=O)O)c2)n1. The number of hydrogen-bond donors (Lipinski definition) is 2. The summed E-state index contributed by atoms with van der Waals surface area (Å²) in [5.41, 5.74) is 2.00. The summed E-state index contributed by atoms with van der Waals surface area (Å²) in [5, 5.41) is 15.6. The minimum absolute atomic E-state index is 0.0738. The topological polar surface area (TPSA) is 97.1 Å². The van der Waals surface area contributed by atoms with E-state index < -0.39 is 5.97 Å². The average Bonchev–Trinajstić information content (AvgIpc) is 2.67. The Labute approximate surface area is 115 Å². The monoisotopic (exact) mass is 274 g/mol. The molecule has 0 radical (unpaired) electrons. The van der Waals surface area contributed by atoms with Crippen LogP contribution in [0.1, 0.15) is 21.9 Å². The zero-order chi connectivity index (χ0) is 14.7. The number of aromatic carboxylic acids is 1. The van der Waals surface area contributed by atoms with Crippen molar-refractivity contribution in [3.8, 4) is 0 Å². The van der Waals surface area contributed by atoms with Gasteiger partial charge in [0, 0.05) is 17.6 Å². The number of rotatable bonds is 4. The van der Waals surface area contributed by atoms with Crippen molar-refractivity contribution in [2.45, 2.75) is 20.4 Å². The van der Waals surface area contributed by atoms with Crippen LogP contribution in [-0.2, 0) is 11.3 Å². The first-order valence-corrected chi connectivity index (χ1v) is 5.96. The Morgan fingerprint density at radius 2 is 2.10 bits per heavy atom. The second kappa shape index (κ2) is 5.52. The Hall–Kier alpha value is -2.70. The van der Waals surface area contributed by atoms with E-state index in [0.29, 0.717) is 5.69 Å². The summed E-state index contributed by atoms with van der Waals surface area (Å²) in [6.07, 6.45) is 1.34. The van der Waals surface area contributed by atoms with Crippen LogP contribution in [0.2, 0.25) is 0 Å². The Kier molecular flexibility index (Phi) is 3.79. The van der Waals surface area contributed by atoms with Gasteiger partial charge >= 0.3 is 5.97 Å². The molecule has 7 heteroatoms. The number of anilines is 1. The van der Waals surface area contributed by atoms with Crippen LogP contribution in [0.5, 0.6) is 0 Å². The fourth-order valence-electron chi connectivity index (χ4n) is 1.80. The first kappa shape index (κ1) is 13.7. The molecule has 2 aromatic heterocycles. The summed E-state index contributed by atoms with van der Waals surface area (Å²) in [6, 6.07) is 4.72. The van der Waals surface area contributed by atoms with Crippen molar-refractivity contribution in [1.82, 2.24) is 14.8 Å². The molecular formula is C13H14N4O3. The summed E-state index contributed by atoms with van der Waals surface area (Å²) in [4.78, 5) is 26.4. The molecule has 0 atom stereocenters. The van der Waals surface area contributed by atoms with Gasteiger partial charge in [-0.2, -0.15) is 5.10 Å². The minimum atomic E-state index is -1.14. The Balaban J connectivity index is 2.06. The number of amides is 1. The van der Waals surface area contributed by atoms with Crippen molar-refractivity contribution < 1.29 is 14.7 Å². The first-order valence-electron chi connectivity index (χ1n) is 5.96. The van der Waals surface area contributed by atoms with Gasteiger partial charge in [0.1, 0.15) is 12.2 Å². The van der Waals surface area contributed by atoms with Gasteiger partial charge in [-0.25, -0.2) is 9.78 Å². The highest BCUT2D eigenvalue weighted by Crippen LogP contribution is 2.09. The number of nitrogens with one attached hydrogen (secondary N) is 1. The Morgan fingerprint density at radius 3 is 2.70 bits per heavy atom. The smallest absolute Gasteiger partial charge is 0.354 e. The molecular weight excluding hydrogens is 260 g/mol. The Morgan fingerprint density at radius 1 is 1.35 bits per heavy atom. The predicted octanol–water partition coefficient (Wildman–Crippen LogP) is 1.23. The van der Waals surface area contributed by atoms with Crippen LogP contribution in [0.3, 0.4) is 0 Å². The zero-order valence-electron chi connectivity index (χ0n) is 11.1. The number of carboxylic acids is 1. The minimum Gasteiger partial charge on any atom is -0.477 e. The van der Waals surface area contributed by atoms with Crippen molar-refractivity contribution >= 4 is 17.6 Å². The molecule has 20 heavy (non-hydrogen) atoms. The van der Waals surface area contributed by atoms with Gasteiger partial charge in [-0.1, -0.05) is 0 Å². The van der Waals surface area contributed by atoms with Gasteiger partial charge in [0.15, 0.2) is 0 Å². The number of carbonyl (C=O) groups is 2. The van der Waals surface area contributed by atoms with Crippen LogP contribution in [-0.4, -0.2) is 31.7 Å². The van der Waals surface area contributed by atoms with E-state index in [0.717, 1.165) is 11.4 Å². The predicted molar refractivity (Wildman–Crippen MR) is 71.5 cm³/mol. The maximum Gasteiger partial charge on any atom is 0.354 e. The highest BCUT2D eigenvalue weighted by molar-refractivity contribution is 5.92. The molecule has 0 unspecified atom stereocenters. The van der Waals surface area contributed by atoms with Crippen LogP contribution >= 0.6 is 0 Å². The largest absolute Gasteiger partial charge is 0.477 e. The van der Waals surface area contributed by atoms with Crippen molar-refractivity contribution in [3.05, 3.63) is 41.5 Å². The van der Waals surface area contributed by atoms with Crippen LogP contribution < -0.4 is 5.32 Å². The number of aryl methyl sites for hydroxylation is 2.